The van der Waals surface area contributed by atoms with Gasteiger partial charge in [-0.3, -0.25) is 0 Å². The number of nitrogens with zero attached hydrogens (tertiary/aromatic N) is 3. The number of phenols is 1. The standard InChI is InChI=1S/C11H14N4O/c1-8(12)6-9-7-15(14-13-9)10-2-4-11(16)5-3-10/h2-5,7-8,16H,6,12H2,1H3. The van der Waals surface area contributed by atoms with Crippen LogP contribution in [0.4, 0.5) is 0 Å². The van der Waals surface area contributed by atoms with Gasteiger partial charge in [0.1, 0.15) is 5.75 Å². The molecule has 0 aliphatic heterocycles. The van der Waals surface area contributed by atoms with Crippen molar-refractivity contribution in [2.75, 3.05) is 0 Å². The van der Waals surface area contributed by atoms with Crippen LogP contribution in [-0.4, -0.2) is 26.1 Å². The van der Waals surface area contributed by atoms with Gasteiger partial charge in [0.15, 0.2) is 0 Å². The zero-order valence-corrected chi connectivity index (χ0v) is 9.04. The summed E-state index contributed by atoms with van der Waals surface area (Å²) in [5.41, 5.74) is 7.41. The third-order valence-electron chi connectivity index (χ3n) is 2.19. The molecule has 16 heavy (non-hydrogen) atoms. The smallest absolute Gasteiger partial charge is 0.115 e. The van der Waals surface area contributed by atoms with Gasteiger partial charge in [0.05, 0.1) is 17.6 Å². The van der Waals surface area contributed by atoms with Gasteiger partial charge >= 0.3 is 0 Å². The largest absolute Gasteiger partial charge is 0.508 e. The Hall–Kier alpha value is -1.88. The highest BCUT2D eigenvalue weighted by Crippen LogP contribution is 2.13. The predicted molar refractivity (Wildman–Crippen MR) is 60.4 cm³/mol. The van der Waals surface area contributed by atoms with E-state index in [9.17, 15) is 0 Å². The first-order valence-corrected chi connectivity index (χ1v) is 5.11. The molecule has 1 heterocycles. The molecule has 1 aromatic heterocycles. The minimum absolute atomic E-state index is 0.0740. The van der Waals surface area contributed by atoms with Gasteiger partial charge in [0.2, 0.25) is 0 Å². The van der Waals surface area contributed by atoms with Crippen molar-refractivity contribution in [3.8, 4) is 11.4 Å². The van der Waals surface area contributed by atoms with Crippen LogP contribution in [0.5, 0.6) is 5.75 Å². The lowest BCUT2D eigenvalue weighted by Crippen LogP contribution is -2.17. The fourth-order valence-electron chi connectivity index (χ4n) is 1.45. The number of nitrogens with two attached hydrogens (primary N) is 1. The first kappa shape index (κ1) is 10.6. The summed E-state index contributed by atoms with van der Waals surface area (Å²) in [5, 5.41) is 17.2. The van der Waals surface area contributed by atoms with E-state index in [4.69, 9.17) is 10.8 Å². The lowest BCUT2D eigenvalue weighted by atomic mass is 10.2. The monoisotopic (exact) mass is 218 g/mol. The van der Waals surface area contributed by atoms with E-state index in [1.807, 2.05) is 13.1 Å². The fourth-order valence-corrected chi connectivity index (χ4v) is 1.45. The van der Waals surface area contributed by atoms with E-state index < -0.39 is 0 Å². The molecule has 5 nitrogen and oxygen atoms in total. The van der Waals surface area contributed by atoms with Gasteiger partial charge in [-0.25, -0.2) is 4.68 Å². The van der Waals surface area contributed by atoms with Gasteiger partial charge < -0.3 is 10.8 Å². The maximum absolute atomic E-state index is 9.17. The Morgan fingerprint density at radius 3 is 2.69 bits per heavy atom. The van der Waals surface area contributed by atoms with E-state index in [1.165, 1.54) is 0 Å². The van der Waals surface area contributed by atoms with Gasteiger partial charge in [0.25, 0.3) is 0 Å². The average molecular weight is 218 g/mol. The third kappa shape index (κ3) is 2.38. The van der Waals surface area contributed by atoms with Crippen LogP contribution < -0.4 is 5.73 Å². The van der Waals surface area contributed by atoms with Gasteiger partial charge in [-0.05, 0) is 31.2 Å². The molecule has 2 aromatic rings. The summed E-state index contributed by atoms with van der Waals surface area (Å²) in [6, 6.07) is 6.86. The van der Waals surface area contributed by atoms with Gasteiger partial charge in [-0.2, -0.15) is 0 Å². The number of benzene rings is 1. The summed E-state index contributed by atoms with van der Waals surface area (Å²) < 4.78 is 1.66. The number of phenolic OH excluding ortho intramolecular Hbond substituents is 1. The third-order valence-corrected chi connectivity index (χ3v) is 2.19. The Balaban J connectivity index is 2.21. The highest BCUT2D eigenvalue weighted by atomic mass is 16.3. The van der Waals surface area contributed by atoms with Crippen molar-refractivity contribution in [3.05, 3.63) is 36.2 Å². The molecule has 0 radical (unpaired) electrons. The van der Waals surface area contributed by atoms with Crippen molar-refractivity contribution in [1.82, 2.24) is 15.0 Å². The molecule has 0 bridgehead atoms. The average Bonchev–Trinajstić information content (AvgIpc) is 2.66. The second kappa shape index (κ2) is 4.32. The van der Waals surface area contributed by atoms with Gasteiger partial charge in [0, 0.05) is 12.5 Å². The Labute approximate surface area is 93.5 Å². The molecular formula is C11H14N4O. The maximum atomic E-state index is 9.17. The van der Waals surface area contributed by atoms with Crippen molar-refractivity contribution in [1.29, 1.82) is 0 Å². The minimum atomic E-state index is 0.0740. The molecule has 84 valence electrons. The molecule has 1 unspecified atom stereocenters. The first-order chi connectivity index (χ1) is 7.65. The molecule has 5 heteroatoms. The van der Waals surface area contributed by atoms with Crippen molar-refractivity contribution in [3.63, 3.8) is 0 Å². The SMILES string of the molecule is CC(N)Cc1cn(-c2ccc(O)cc2)nn1. The van der Waals surface area contributed by atoms with Gasteiger partial charge in [-0.15, -0.1) is 5.10 Å². The summed E-state index contributed by atoms with van der Waals surface area (Å²) >= 11 is 0. The van der Waals surface area contributed by atoms with E-state index >= 15 is 0 Å². The van der Waals surface area contributed by atoms with Crippen LogP contribution >= 0.6 is 0 Å². The Morgan fingerprint density at radius 1 is 1.38 bits per heavy atom. The zero-order chi connectivity index (χ0) is 11.5. The zero-order valence-electron chi connectivity index (χ0n) is 9.04. The Kier molecular flexibility index (Phi) is 2.87. The molecule has 0 saturated carbocycles. The molecule has 3 N–H and O–H groups in total. The molecule has 0 spiro atoms. The highest BCUT2D eigenvalue weighted by molar-refractivity contribution is 5.35. The molecule has 2 rings (SSSR count). The van der Waals surface area contributed by atoms with E-state index in [0.29, 0.717) is 6.42 Å². The van der Waals surface area contributed by atoms with E-state index in [2.05, 4.69) is 10.3 Å². The summed E-state index contributed by atoms with van der Waals surface area (Å²) in [6.45, 7) is 1.93. The summed E-state index contributed by atoms with van der Waals surface area (Å²) in [6.07, 6.45) is 2.55. The molecule has 0 aliphatic carbocycles. The van der Waals surface area contributed by atoms with Crippen molar-refractivity contribution < 1.29 is 5.11 Å². The molecular weight excluding hydrogens is 204 g/mol. The molecule has 0 fully saturated rings. The fraction of sp³-hybridized carbons (Fsp3) is 0.273. The Bertz CT molecular complexity index is 461. The van der Waals surface area contributed by atoms with Crippen LogP contribution in [-0.2, 0) is 6.42 Å². The predicted octanol–water partition coefficient (Wildman–Crippen LogP) is 0.863. The normalized spacial score (nSPS) is 12.6. The summed E-state index contributed by atoms with van der Waals surface area (Å²) in [7, 11) is 0. The number of aromatic hydroxyl groups is 1. The van der Waals surface area contributed by atoms with E-state index in [1.54, 1.807) is 28.9 Å². The van der Waals surface area contributed by atoms with Gasteiger partial charge in [-0.1, -0.05) is 5.21 Å². The lowest BCUT2D eigenvalue weighted by Gasteiger charge is -2.00. The summed E-state index contributed by atoms with van der Waals surface area (Å²) in [5.74, 6) is 0.236. The van der Waals surface area contributed by atoms with Crippen LogP contribution in [0.25, 0.3) is 5.69 Å². The van der Waals surface area contributed by atoms with E-state index in [-0.39, 0.29) is 11.8 Å². The molecule has 0 saturated heterocycles. The van der Waals surface area contributed by atoms with Crippen LogP contribution in [0.2, 0.25) is 0 Å². The molecule has 0 aliphatic rings. The Morgan fingerprint density at radius 2 is 2.06 bits per heavy atom. The first-order valence-electron chi connectivity index (χ1n) is 5.11. The molecule has 1 aromatic carbocycles. The van der Waals surface area contributed by atoms with Crippen LogP contribution in [0.1, 0.15) is 12.6 Å². The maximum Gasteiger partial charge on any atom is 0.115 e. The van der Waals surface area contributed by atoms with E-state index in [0.717, 1.165) is 11.4 Å². The second-order valence-electron chi connectivity index (χ2n) is 3.85. The summed E-state index contributed by atoms with van der Waals surface area (Å²) in [4.78, 5) is 0. The lowest BCUT2D eigenvalue weighted by molar-refractivity contribution is 0.475. The topological polar surface area (TPSA) is 77.0 Å². The molecule has 1 atom stereocenters. The van der Waals surface area contributed by atoms with Crippen LogP contribution in [0.15, 0.2) is 30.5 Å². The van der Waals surface area contributed by atoms with Crippen molar-refractivity contribution in [2.45, 2.75) is 19.4 Å². The minimum Gasteiger partial charge on any atom is -0.508 e. The quantitative estimate of drug-likeness (QED) is 0.801. The highest BCUT2D eigenvalue weighted by Gasteiger charge is 2.04. The van der Waals surface area contributed by atoms with Crippen LogP contribution in [0.3, 0.4) is 0 Å². The van der Waals surface area contributed by atoms with Crippen LogP contribution in [0, 0.1) is 0 Å². The van der Waals surface area contributed by atoms with Crippen molar-refractivity contribution in [2.24, 2.45) is 5.73 Å². The number of hydrogen-bond acceptors (Lipinski definition) is 4. The number of aromatic nitrogens is 3. The number of hydrogen-bond donors (Lipinski definition) is 2. The number of rotatable bonds is 3. The molecule has 0 amide bonds. The second-order valence-corrected chi connectivity index (χ2v) is 3.85. The van der Waals surface area contributed by atoms with Crippen molar-refractivity contribution >= 4 is 0 Å².